The summed E-state index contributed by atoms with van der Waals surface area (Å²) in [5.41, 5.74) is 7.45. The average Bonchev–Trinajstić information content (AvgIpc) is 0.896. The van der Waals surface area contributed by atoms with Crippen molar-refractivity contribution in [3.8, 4) is 28.4 Å². The van der Waals surface area contributed by atoms with Crippen LogP contribution in [-0.2, 0) is 47.5 Å². The molecule has 22 nitrogen and oxygen atoms in total. The molecule has 546 valence electrons. The van der Waals surface area contributed by atoms with E-state index in [1.807, 2.05) is 110 Å². The molecular formula is C74H103BBr3N9O13. The summed E-state index contributed by atoms with van der Waals surface area (Å²) in [5.74, 6) is 2.03. The first-order valence-electron chi connectivity index (χ1n) is 35.8. The number of hydrogen-bond acceptors (Lipinski definition) is 16. The molecular weight excluding hydrogens is 1470 g/mol. The second-order valence-corrected chi connectivity index (χ2v) is 32.7. The van der Waals surface area contributed by atoms with Crippen LogP contribution in [-0.4, -0.2) is 161 Å². The van der Waals surface area contributed by atoms with Gasteiger partial charge in [-0.3, -0.25) is 24.1 Å². The quantitative estimate of drug-likeness (QED) is 0.0837. The Balaban J connectivity index is 0.000000143. The number of ether oxygens (including phenoxy) is 6. The summed E-state index contributed by atoms with van der Waals surface area (Å²) in [6.07, 6.45) is 26.3. The van der Waals surface area contributed by atoms with Gasteiger partial charge in [0.1, 0.15) is 22.8 Å². The molecule has 3 aliphatic carbocycles. The van der Waals surface area contributed by atoms with Crippen LogP contribution in [0.5, 0.6) is 17.2 Å². The summed E-state index contributed by atoms with van der Waals surface area (Å²) in [5, 5.41) is 22.6. The predicted octanol–water partition coefficient (Wildman–Crippen LogP) is 16.0. The Morgan fingerprint density at radius 1 is 0.590 bits per heavy atom. The van der Waals surface area contributed by atoms with E-state index < -0.39 is 12.7 Å². The van der Waals surface area contributed by atoms with Gasteiger partial charge in [-0.15, -0.1) is 0 Å². The van der Waals surface area contributed by atoms with Crippen LogP contribution in [0.3, 0.4) is 0 Å². The number of methoxy groups -OCH3 is 3. The van der Waals surface area contributed by atoms with E-state index in [1.165, 1.54) is 53.4 Å². The number of hydrogen-bond donors (Lipinski definition) is 2. The monoisotopic (exact) mass is 1570 g/mol. The number of nitrogens with zero attached hydrogens (tertiary/aromatic N) is 8. The summed E-state index contributed by atoms with van der Waals surface area (Å²) >= 11 is 10.3. The predicted molar refractivity (Wildman–Crippen MR) is 399 cm³/mol. The summed E-state index contributed by atoms with van der Waals surface area (Å²) in [7, 11) is 3.83. The van der Waals surface area contributed by atoms with Crippen LogP contribution in [0.15, 0.2) is 70.1 Å². The van der Waals surface area contributed by atoms with E-state index in [-0.39, 0.29) is 71.6 Å². The van der Waals surface area contributed by atoms with Gasteiger partial charge in [0.2, 0.25) is 0 Å². The highest BCUT2D eigenvalue weighted by molar-refractivity contribution is 9.11. The van der Waals surface area contributed by atoms with Gasteiger partial charge < -0.3 is 53.1 Å². The number of rotatable bonds is 8. The van der Waals surface area contributed by atoms with Gasteiger partial charge in [-0.25, -0.2) is 19.2 Å². The van der Waals surface area contributed by atoms with Crippen molar-refractivity contribution in [3.05, 3.63) is 86.8 Å². The fourth-order valence-electron chi connectivity index (χ4n) is 13.5. The Morgan fingerprint density at radius 2 is 1.05 bits per heavy atom. The molecule has 6 aliphatic heterocycles. The molecule has 3 saturated heterocycles. The molecule has 4 amide bonds. The van der Waals surface area contributed by atoms with Crippen LogP contribution in [0.4, 0.5) is 36.2 Å². The minimum atomic E-state index is -0.465. The highest BCUT2D eigenvalue weighted by Crippen LogP contribution is 2.47. The number of alkyl halides is 1. The number of piperidine rings is 1. The highest BCUT2D eigenvalue weighted by atomic mass is 79.9. The zero-order valence-corrected chi connectivity index (χ0v) is 65.3. The van der Waals surface area contributed by atoms with Gasteiger partial charge in [0, 0.05) is 94.5 Å². The molecule has 0 bridgehead atoms. The zero-order valence-electron chi connectivity index (χ0n) is 60.6. The number of amides is 4. The maximum atomic E-state index is 12.5. The number of carbonyl (C=O) groups is 4. The molecule has 9 aliphatic rings. The maximum absolute atomic E-state index is 12.5. The molecule has 14 rings (SSSR count). The number of anilines is 3. The Morgan fingerprint density at radius 3 is 1.52 bits per heavy atom. The highest BCUT2D eigenvalue weighted by Gasteiger charge is 2.52. The molecule has 3 aromatic carbocycles. The topological polar surface area (TPSA) is 223 Å². The number of aromatic hydroxyl groups is 1. The molecule has 2 N–H and O–H groups in total. The van der Waals surface area contributed by atoms with Gasteiger partial charge in [0.15, 0.2) is 0 Å². The van der Waals surface area contributed by atoms with Crippen LogP contribution >= 0.6 is 47.8 Å². The van der Waals surface area contributed by atoms with E-state index in [0.717, 1.165) is 168 Å². The van der Waals surface area contributed by atoms with E-state index in [4.69, 9.17) is 37.7 Å². The molecule has 4 atom stereocenters. The van der Waals surface area contributed by atoms with Gasteiger partial charge >= 0.3 is 31.5 Å². The maximum Gasteiger partial charge on any atom is 0.498 e. The fourth-order valence-corrected chi connectivity index (χ4v) is 15.0. The standard InChI is InChI=1S/C23H30N4O3.C19H32BN3O4.C16H20BrNO3.C12H14BrNO3.C4H7Br/c1-15-6-7-20-21(27(15)23(28)29-2)9-8-19(22(20)30-18-4-3-5-18)16-12-25-26(14-16)17-10-11-24-13-17;1-17(2,3)25-16(24)22-10-8-15(9-11-22)23-13-14(12-21-23)20-26-18(4,5)19(6,7)27-20;1-10-6-7-12-14(18(10)16(19)20-2)9-8-13(17)15(12)21-11-4-3-5-11;1-7-3-4-8-10(14(7)12(16)17-2)6-5-9(13)11(8)15;5-4-2-1-3-4/h8-9,12,14-15,17-18,24H,3-7,10-11,13H2,1-2H3;12-13,15H,8-11H2,1-7H3;8-11H,3-7H2,1-2H3;5-7,15H,3-4H2,1-2H3;4H,1-3H2/t15-,17?;;10-;7-;/m0.00./s1. The van der Waals surface area contributed by atoms with Gasteiger partial charge in [-0.1, -0.05) is 22.4 Å². The number of carbonyl (C=O) groups excluding carboxylic acids is 4. The smallest absolute Gasteiger partial charge is 0.498 e. The first-order chi connectivity index (χ1) is 47.6. The minimum absolute atomic E-state index is 0.0792. The number of aromatic nitrogens is 4. The molecule has 0 radical (unpaired) electrons. The molecule has 26 heteroatoms. The van der Waals surface area contributed by atoms with Gasteiger partial charge in [-0.05, 0) is 253 Å². The molecule has 6 fully saturated rings. The number of phenolic OH excluding ortho intramolecular Hbond substituents is 1. The van der Waals surface area contributed by atoms with E-state index >= 15 is 0 Å². The normalized spacial score (nSPS) is 22.3. The Kier molecular flexibility index (Phi) is 25.4. The number of benzene rings is 3. The van der Waals surface area contributed by atoms with Crippen molar-refractivity contribution in [3.63, 3.8) is 0 Å². The summed E-state index contributed by atoms with van der Waals surface area (Å²) in [4.78, 5) is 56.3. The number of nitrogens with one attached hydrogen (secondary N) is 1. The van der Waals surface area contributed by atoms with Crippen LogP contribution in [0, 0.1) is 0 Å². The Hall–Kier alpha value is -6.06. The second kappa shape index (κ2) is 33.2. The minimum Gasteiger partial charge on any atom is -0.506 e. The summed E-state index contributed by atoms with van der Waals surface area (Å²) in [6, 6.07) is 12.6. The van der Waals surface area contributed by atoms with Gasteiger partial charge in [0.05, 0.1) is 89.0 Å². The fraction of sp³-hybridized carbons (Fsp3) is 0.622. The SMILES string of the molecule is BrC1CCC1.CC(C)(C)OC(=O)N1CCC(n2cc(B3OC(C)(C)C(C)(C)O3)cn2)CC1.COC(=O)N1c2ccc(-c3cnn(C4CCNC4)c3)c(OC3CCC3)c2CC[C@@H]1C.COC(=O)N1c2ccc(Br)c(O)c2CC[C@@H]1C.COC(=O)N1c2ccc(Br)c(OC3CCC3)c2CC[C@@H]1C. The first kappa shape index (κ1) is 76.6. The number of fused-ring (bicyclic) bond motifs is 3. The Bertz CT molecular complexity index is 3640. The third kappa shape index (κ3) is 17.8. The first-order valence-corrected chi connectivity index (χ1v) is 38.3. The second-order valence-electron chi connectivity index (χ2n) is 29.7. The molecule has 2 aromatic heterocycles. The molecule has 1 unspecified atom stereocenters. The zero-order chi connectivity index (χ0) is 72.0. The lowest BCUT2D eigenvalue weighted by molar-refractivity contribution is 0.00578. The number of likely N-dealkylation sites (tertiary alicyclic amines) is 1. The molecule has 0 spiro atoms. The lowest BCUT2D eigenvalue weighted by atomic mass is 9.82. The lowest BCUT2D eigenvalue weighted by Crippen LogP contribution is -2.42. The van der Waals surface area contributed by atoms with Crippen molar-refractivity contribution < 1.29 is 62.0 Å². The lowest BCUT2D eigenvalue weighted by Gasteiger charge is -2.37. The van der Waals surface area contributed by atoms with E-state index in [0.29, 0.717) is 29.7 Å². The average molecular weight is 1580 g/mol. The van der Waals surface area contributed by atoms with E-state index in [9.17, 15) is 24.3 Å². The molecule has 8 heterocycles. The number of halogens is 3. The van der Waals surface area contributed by atoms with Crippen LogP contribution < -0.4 is 35.0 Å². The van der Waals surface area contributed by atoms with Gasteiger partial charge in [-0.2, -0.15) is 10.2 Å². The molecule has 3 saturated carbocycles. The van der Waals surface area contributed by atoms with Crippen molar-refractivity contribution in [1.29, 1.82) is 0 Å². The molecule has 100 heavy (non-hydrogen) atoms. The van der Waals surface area contributed by atoms with Crippen LogP contribution in [0.25, 0.3) is 11.1 Å². The Labute approximate surface area is 616 Å². The third-order valence-electron chi connectivity index (χ3n) is 20.9. The van der Waals surface area contributed by atoms with Crippen LogP contribution in [0.1, 0.15) is 194 Å². The van der Waals surface area contributed by atoms with Crippen molar-refractivity contribution in [2.24, 2.45) is 0 Å². The van der Waals surface area contributed by atoms with Crippen molar-refractivity contribution in [2.45, 2.75) is 249 Å². The van der Waals surface area contributed by atoms with E-state index in [2.05, 4.69) is 87.2 Å². The van der Waals surface area contributed by atoms with Crippen molar-refractivity contribution >= 4 is 102 Å². The summed E-state index contributed by atoms with van der Waals surface area (Å²) in [6.45, 7) is 23.3. The largest absolute Gasteiger partial charge is 0.506 e. The van der Waals surface area contributed by atoms with Crippen molar-refractivity contribution in [2.75, 3.05) is 62.2 Å². The summed E-state index contributed by atoms with van der Waals surface area (Å²) < 4.78 is 50.8. The van der Waals surface area contributed by atoms with Crippen molar-refractivity contribution in [1.82, 2.24) is 29.8 Å². The van der Waals surface area contributed by atoms with E-state index in [1.54, 1.807) is 25.7 Å². The molecule has 5 aromatic rings. The van der Waals surface area contributed by atoms with Gasteiger partial charge in [0.25, 0.3) is 0 Å². The number of phenols is 1. The third-order valence-corrected chi connectivity index (χ3v) is 23.1. The van der Waals surface area contributed by atoms with Crippen LogP contribution in [0.2, 0.25) is 0 Å².